The Balaban J connectivity index is 1.37. The number of aromatic nitrogens is 1. The number of sulfonamides is 1. The molecule has 1 N–H and O–H groups in total. The van der Waals surface area contributed by atoms with E-state index in [1.54, 1.807) is 36.6 Å². The van der Waals surface area contributed by atoms with Crippen LogP contribution in [-0.4, -0.2) is 33.7 Å². The number of nitrogens with zero attached hydrogens (tertiary/aromatic N) is 1. The van der Waals surface area contributed by atoms with Gasteiger partial charge in [0.1, 0.15) is 24.0 Å². The van der Waals surface area contributed by atoms with Gasteiger partial charge in [-0.1, -0.05) is 0 Å². The maximum atomic E-state index is 12.8. The first-order valence-electron chi connectivity index (χ1n) is 9.49. The molecule has 0 saturated heterocycles. The van der Waals surface area contributed by atoms with Gasteiger partial charge in [0.15, 0.2) is 11.5 Å². The van der Waals surface area contributed by atoms with E-state index in [2.05, 4.69) is 9.71 Å². The van der Waals surface area contributed by atoms with E-state index in [0.717, 1.165) is 26.5 Å². The van der Waals surface area contributed by atoms with Crippen LogP contribution in [0.4, 0.5) is 5.69 Å². The predicted molar refractivity (Wildman–Crippen MR) is 120 cm³/mol. The maximum Gasteiger partial charge on any atom is 0.262 e. The molecule has 1 aliphatic heterocycles. The lowest BCUT2D eigenvalue weighted by molar-refractivity contribution is 0.171. The van der Waals surface area contributed by atoms with E-state index in [1.165, 1.54) is 12.1 Å². The van der Waals surface area contributed by atoms with Crippen molar-refractivity contribution in [3.63, 3.8) is 0 Å². The number of hydrogen-bond acceptors (Lipinski definition) is 7. The van der Waals surface area contributed by atoms with Gasteiger partial charge in [-0.25, -0.2) is 13.4 Å². The average molecular weight is 455 g/mol. The van der Waals surface area contributed by atoms with Crippen molar-refractivity contribution >= 4 is 37.3 Å². The van der Waals surface area contributed by atoms with Gasteiger partial charge < -0.3 is 14.2 Å². The van der Waals surface area contributed by atoms with E-state index in [1.807, 2.05) is 30.3 Å². The van der Waals surface area contributed by atoms with E-state index in [4.69, 9.17) is 14.2 Å². The molecule has 9 heteroatoms. The van der Waals surface area contributed by atoms with Crippen LogP contribution in [0.1, 0.15) is 0 Å². The van der Waals surface area contributed by atoms with Gasteiger partial charge >= 0.3 is 0 Å². The zero-order valence-corrected chi connectivity index (χ0v) is 18.1. The molecule has 31 heavy (non-hydrogen) atoms. The fourth-order valence-corrected chi connectivity index (χ4v) is 5.31. The highest BCUT2D eigenvalue weighted by Gasteiger charge is 2.19. The van der Waals surface area contributed by atoms with Gasteiger partial charge in [-0.05, 0) is 54.6 Å². The molecular formula is C22H18N2O5S2. The number of methoxy groups -OCH3 is 1. The van der Waals surface area contributed by atoms with Crippen molar-refractivity contribution in [1.29, 1.82) is 0 Å². The molecule has 0 bridgehead atoms. The lowest BCUT2D eigenvalue weighted by atomic mass is 10.2. The molecule has 0 fully saturated rings. The fraction of sp³-hybridized carbons (Fsp3) is 0.136. The van der Waals surface area contributed by atoms with E-state index < -0.39 is 10.0 Å². The van der Waals surface area contributed by atoms with E-state index in [-0.39, 0.29) is 4.90 Å². The molecule has 0 atom stereocenters. The van der Waals surface area contributed by atoms with Gasteiger partial charge in [0.25, 0.3) is 10.0 Å². The lowest BCUT2D eigenvalue weighted by Gasteiger charge is -2.19. The zero-order chi connectivity index (χ0) is 21.4. The van der Waals surface area contributed by atoms with Gasteiger partial charge in [0.05, 0.1) is 22.2 Å². The topological polar surface area (TPSA) is 86.8 Å². The normalized spacial score (nSPS) is 13.2. The molecule has 4 aromatic rings. The smallest absolute Gasteiger partial charge is 0.262 e. The number of fused-ring (bicyclic) bond motifs is 2. The Labute approximate surface area is 183 Å². The second kappa shape index (κ2) is 7.75. The average Bonchev–Trinajstić information content (AvgIpc) is 3.22. The van der Waals surface area contributed by atoms with Crippen molar-refractivity contribution in [2.24, 2.45) is 0 Å². The summed E-state index contributed by atoms with van der Waals surface area (Å²) in [7, 11) is -2.13. The van der Waals surface area contributed by atoms with Crippen molar-refractivity contribution in [2.45, 2.75) is 4.90 Å². The number of anilines is 1. The van der Waals surface area contributed by atoms with E-state index in [9.17, 15) is 8.42 Å². The van der Waals surface area contributed by atoms with Gasteiger partial charge in [0.2, 0.25) is 0 Å². The highest BCUT2D eigenvalue weighted by atomic mass is 32.2. The Kier molecular flexibility index (Phi) is 4.91. The summed E-state index contributed by atoms with van der Waals surface area (Å²) >= 11 is 1.55. The molecule has 2 heterocycles. The molecule has 0 saturated carbocycles. The second-order valence-electron chi connectivity index (χ2n) is 6.84. The number of rotatable bonds is 5. The van der Waals surface area contributed by atoms with E-state index in [0.29, 0.717) is 30.4 Å². The third-order valence-corrected chi connectivity index (χ3v) is 7.25. The van der Waals surface area contributed by atoms with Crippen molar-refractivity contribution in [3.8, 4) is 27.8 Å². The Morgan fingerprint density at radius 2 is 1.74 bits per heavy atom. The van der Waals surface area contributed by atoms with Crippen LogP contribution in [0.5, 0.6) is 17.2 Å². The van der Waals surface area contributed by atoms with Crippen LogP contribution in [0.15, 0.2) is 65.6 Å². The van der Waals surface area contributed by atoms with Crippen LogP contribution in [0.25, 0.3) is 20.8 Å². The molecular weight excluding hydrogens is 436 g/mol. The third-order valence-electron chi connectivity index (χ3n) is 4.80. The summed E-state index contributed by atoms with van der Waals surface area (Å²) in [6, 6.07) is 17.5. The molecule has 7 nitrogen and oxygen atoms in total. The zero-order valence-electron chi connectivity index (χ0n) is 16.5. The summed E-state index contributed by atoms with van der Waals surface area (Å²) in [6.07, 6.45) is 0. The van der Waals surface area contributed by atoms with Crippen molar-refractivity contribution < 1.29 is 22.6 Å². The van der Waals surface area contributed by atoms with Gasteiger partial charge in [-0.15, -0.1) is 11.3 Å². The molecule has 0 spiro atoms. The van der Waals surface area contributed by atoms with Crippen LogP contribution < -0.4 is 18.9 Å². The summed E-state index contributed by atoms with van der Waals surface area (Å²) in [5.74, 6) is 1.76. The van der Waals surface area contributed by atoms with Crippen molar-refractivity contribution in [1.82, 2.24) is 4.98 Å². The molecule has 0 amide bonds. The lowest BCUT2D eigenvalue weighted by Crippen LogP contribution is -2.17. The number of ether oxygens (including phenoxy) is 3. The van der Waals surface area contributed by atoms with Crippen LogP contribution in [0, 0.1) is 0 Å². The minimum Gasteiger partial charge on any atom is -0.497 e. The standard InChI is InChI=1S/C22H18N2O5S2/c1-27-16-6-8-18-21(12-16)30-22(23-18)14-2-4-15(5-3-14)24-31(25,26)17-7-9-19-20(13-17)29-11-10-28-19/h2-9,12-13,24H,10-11H2,1H3. The Bertz CT molecular complexity index is 1360. The molecule has 1 aliphatic rings. The Hall–Kier alpha value is -3.30. The first kappa shape index (κ1) is 19.7. The van der Waals surface area contributed by atoms with E-state index >= 15 is 0 Å². The summed E-state index contributed by atoms with van der Waals surface area (Å²) in [5, 5.41) is 0.851. The SMILES string of the molecule is COc1ccc2nc(-c3ccc(NS(=O)(=O)c4ccc5c(c4)OCCO5)cc3)sc2c1. The maximum absolute atomic E-state index is 12.8. The quantitative estimate of drug-likeness (QED) is 0.476. The summed E-state index contributed by atoms with van der Waals surface area (Å²) in [5.41, 5.74) is 2.26. The number of thiazole rings is 1. The molecule has 1 aromatic heterocycles. The molecule has 0 radical (unpaired) electrons. The number of nitrogens with one attached hydrogen (secondary N) is 1. The minimum absolute atomic E-state index is 0.112. The van der Waals surface area contributed by atoms with Crippen molar-refractivity contribution in [3.05, 3.63) is 60.7 Å². The molecule has 3 aromatic carbocycles. The van der Waals surface area contributed by atoms with Gasteiger partial charge in [-0.2, -0.15) is 0 Å². The van der Waals surface area contributed by atoms with Crippen LogP contribution in [-0.2, 0) is 10.0 Å². The first-order valence-corrected chi connectivity index (χ1v) is 11.8. The fourth-order valence-electron chi connectivity index (χ4n) is 3.24. The monoisotopic (exact) mass is 454 g/mol. The highest BCUT2D eigenvalue weighted by molar-refractivity contribution is 7.92. The van der Waals surface area contributed by atoms with Gasteiger partial charge in [-0.3, -0.25) is 4.72 Å². The highest BCUT2D eigenvalue weighted by Crippen LogP contribution is 2.34. The van der Waals surface area contributed by atoms with Crippen molar-refractivity contribution in [2.75, 3.05) is 25.0 Å². The molecule has 0 unspecified atom stereocenters. The van der Waals surface area contributed by atoms with Crippen LogP contribution in [0.2, 0.25) is 0 Å². The Morgan fingerprint density at radius 1 is 0.968 bits per heavy atom. The Morgan fingerprint density at radius 3 is 2.52 bits per heavy atom. The largest absolute Gasteiger partial charge is 0.497 e. The molecule has 158 valence electrons. The number of benzene rings is 3. The van der Waals surface area contributed by atoms with Gasteiger partial charge in [0, 0.05) is 17.3 Å². The van der Waals surface area contributed by atoms with Crippen LogP contribution >= 0.6 is 11.3 Å². The number of hydrogen-bond donors (Lipinski definition) is 1. The summed E-state index contributed by atoms with van der Waals surface area (Å²) in [6.45, 7) is 0.843. The third kappa shape index (κ3) is 3.89. The predicted octanol–water partition coefficient (Wildman–Crippen LogP) is 4.54. The summed E-state index contributed by atoms with van der Waals surface area (Å²) < 4.78 is 45.4. The second-order valence-corrected chi connectivity index (χ2v) is 9.55. The molecule has 5 rings (SSSR count). The van der Waals surface area contributed by atoms with Crippen LogP contribution in [0.3, 0.4) is 0 Å². The molecule has 0 aliphatic carbocycles. The first-order chi connectivity index (χ1) is 15.0. The minimum atomic E-state index is -3.76. The summed E-state index contributed by atoms with van der Waals surface area (Å²) in [4.78, 5) is 4.76.